The second kappa shape index (κ2) is 5.43. The summed E-state index contributed by atoms with van der Waals surface area (Å²) in [6.07, 6.45) is 1.94. The number of hydrogen-bond donors (Lipinski definition) is 1. The van der Waals surface area contributed by atoms with E-state index in [2.05, 4.69) is 28.7 Å². The van der Waals surface area contributed by atoms with Gasteiger partial charge >= 0.3 is 0 Å². The SMILES string of the molecule is C[C@@H]1Cc2nc(N)sc2[C@H](C)N1c1nc2cc(S(C)(=O)=O)ccc2o1. The first kappa shape index (κ1) is 16.3. The van der Waals surface area contributed by atoms with E-state index in [0.29, 0.717) is 22.2 Å². The van der Waals surface area contributed by atoms with Crippen LogP contribution in [-0.4, -0.2) is 30.7 Å². The summed E-state index contributed by atoms with van der Waals surface area (Å²) in [7, 11) is -3.28. The highest BCUT2D eigenvalue weighted by Crippen LogP contribution is 2.40. The van der Waals surface area contributed by atoms with Crippen molar-refractivity contribution in [2.75, 3.05) is 16.9 Å². The van der Waals surface area contributed by atoms with Crippen molar-refractivity contribution >= 4 is 43.4 Å². The largest absolute Gasteiger partial charge is 0.423 e. The zero-order valence-electron chi connectivity index (χ0n) is 14.1. The number of benzene rings is 1. The highest BCUT2D eigenvalue weighted by atomic mass is 32.2. The molecule has 7 nitrogen and oxygen atoms in total. The van der Waals surface area contributed by atoms with Gasteiger partial charge in [-0.3, -0.25) is 0 Å². The first-order chi connectivity index (χ1) is 11.7. The van der Waals surface area contributed by atoms with E-state index < -0.39 is 9.84 Å². The zero-order valence-corrected chi connectivity index (χ0v) is 15.7. The van der Waals surface area contributed by atoms with E-state index in [1.807, 2.05) is 0 Å². The lowest BCUT2D eigenvalue weighted by molar-refractivity contribution is 0.463. The molecule has 0 spiro atoms. The lowest BCUT2D eigenvalue weighted by Crippen LogP contribution is -2.40. The van der Waals surface area contributed by atoms with Crippen molar-refractivity contribution in [3.8, 4) is 0 Å². The Kier molecular flexibility index (Phi) is 3.55. The Bertz CT molecular complexity index is 1070. The monoisotopic (exact) mass is 378 g/mol. The molecule has 0 aliphatic carbocycles. The fourth-order valence-electron chi connectivity index (χ4n) is 3.33. The first-order valence-electron chi connectivity index (χ1n) is 7.88. The van der Waals surface area contributed by atoms with E-state index in [1.165, 1.54) is 23.7 Å². The molecule has 0 bridgehead atoms. The molecule has 2 atom stereocenters. The average molecular weight is 378 g/mol. The van der Waals surface area contributed by atoms with E-state index in [1.54, 1.807) is 12.1 Å². The Morgan fingerprint density at radius 1 is 1.32 bits per heavy atom. The van der Waals surface area contributed by atoms with Gasteiger partial charge in [-0.05, 0) is 32.0 Å². The topological polar surface area (TPSA) is 102 Å². The number of aromatic nitrogens is 2. The highest BCUT2D eigenvalue weighted by molar-refractivity contribution is 7.90. The molecule has 132 valence electrons. The summed E-state index contributed by atoms with van der Waals surface area (Å²) in [6.45, 7) is 4.16. The zero-order chi connectivity index (χ0) is 17.9. The maximum absolute atomic E-state index is 11.7. The van der Waals surface area contributed by atoms with Crippen molar-refractivity contribution in [1.29, 1.82) is 0 Å². The molecule has 4 rings (SSSR count). The van der Waals surface area contributed by atoms with Crippen LogP contribution in [0.1, 0.15) is 30.5 Å². The van der Waals surface area contributed by atoms with Crippen LogP contribution >= 0.6 is 11.3 Å². The normalized spacial score (nSPS) is 20.8. The van der Waals surface area contributed by atoms with Crippen molar-refractivity contribution in [2.24, 2.45) is 0 Å². The van der Waals surface area contributed by atoms with E-state index in [9.17, 15) is 8.42 Å². The summed E-state index contributed by atoms with van der Waals surface area (Å²) < 4.78 is 29.4. The molecule has 0 saturated heterocycles. The van der Waals surface area contributed by atoms with Crippen molar-refractivity contribution < 1.29 is 12.8 Å². The minimum absolute atomic E-state index is 0.0380. The fourth-order valence-corrected chi connectivity index (χ4v) is 4.88. The predicted molar refractivity (Wildman–Crippen MR) is 97.7 cm³/mol. The van der Waals surface area contributed by atoms with E-state index >= 15 is 0 Å². The van der Waals surface area contributed by atoms with Gasteiger partial charge in [-0.25, -0.2) is 13.4 Å². The molecular formula is C16H18N4O3S2. The van der Waals surface area contributed by atoms with Crippen LogP contribution in [0.15, 0.2) is 27.5 Å². The molecule has 0 unspecified atom stereocenters. The summed E-state index contributed by atoms with van der Waals surface area (Å²) in [6, 6.07) is 5.41. The average Bonchev–Trinajstić information content (AvgIpc) is 3.08. The van der Waals surface area contributed by atoms with Gasteiger partial charge in [0.1, 0.15) is 5.52 Å². The van der Waals surface area contributed by atoms with Gasteiger partial charge in [-0.2, -0.15) is 4.98 Å². The number of thiazole rings is 1. The smallest absolute Gasteiger partial charge is 0.299 e. The van der Waals surface area contributed by atoms with Crippen LogP contribution in [0.4, 0.5) is 11.1 Å². The number of oxazole rings is 1. The highest BCUT2D eigenvalue weighted by Gasteiger charge is 2.35. The summed E-state index contributed by atoms with van der Waals surface area (Å²) in [5.41, 5.74) is 8.00. The van der Waals surface area contributed by atoms with Gasteiger partial charge in [0.2, 0.25) is 0 Å². The van der Waals surface area contributed by atoms with E-state index in [0.717, 1.165) is 17.0 Å². The lowest BCUT2D eigenvalue weighted by atomic mass is 10.0. The lowest BCUT2D eigenvalue weighted by Gasteiger charge is -2.36. The number of anilines is 2. The number of sulfone groups is 1. The van der Waals surface area contributed by atoms with Crippen molar-refractivity contribution in [3.63, 3.8) is 0 Å². The number of hydrogen-bond acceptors (Lipinski definition) is 8. The second-order valence-corrected chi connectivity index (χ2v) is 9.48. The van der Waals surface area contributed by atoms with Gasteiger partial charge in [0.25, 0.3) is 6.01 Å². The Morgan fingerprint density at radius 2 is 2.08 bits per heavy atom. The Labute approximate surface area is 149 Å². The summed E-state index contributed by atoms with van der Waals surface area (Å²) >= 11 is 1.49. The van der Waals surface area contributed by atoms with E-state index in [4.69, 9.17) is 10.2 Å². The molecule has 25 heavy (non-hydrogen) atoms. The minimum Gasteiger partial charge on any atom is -0.423 e. The van der Waals surface area contributed by atoms with Crippen molar-refractivity contribution in [1.82, 2.24) is 9.97 Å². The number of nitrogens with two attached hydrogens (primary N) is 1. The van der Waals surface area contributed by atoms with E-state index in [-0.39, 0.29) is 17.0 Å². The third-order valence-electron chi connectivity index (χ3n) is 4.50. The molecular weight excluding hydrogens is 360 g/mol. The van der Waals surface area contributed by atoms with Crippen molar-refractivity contribution in [2.45, 2.75) is 37.2 Å². The Morgan fingerprint density at radius 3 is 2.80 bits per heavy atom. The first-order valence-corrected chi connectivity index (χ1v) is 10.6. The van der Waals surface area contributed by atoms with Crippen LogP contribution in [-0.2, 0) is 16.3 Å². The summed E-state index contributed by atoms with van der Waals surface area (Å²) in [4.78, 5) is 12.4. The molecule has 1 aliphatic heterocycles. The molecule has 0 saturated carbocycles. The quantitative estimate of drug-likeness (QED) is 0.731. The van der Waals surface area contributed by atoms with Gasteiger partial charge in [-0.15, -0.1) is 0 Å². The van der Waals surface area contributed by atoms with Gasteiger partial charge in [0, 0.05) is 18.7 Å². The number of fused-ring (bicyclic) bond motifs is 2. The molecule has 2 aromatic heterocycles. The van der Waals surface area contributed by atoms with Crippen LogP contribution in [0, 0.1) is 0 Å². The number of nitrogen functional groups attached to an aromatic ring is 1. The third-order valence-corrected chi connectivity index (χ3v) is 6.71. The number of nitrogens with zero attached hydrogens (tertiary/aromatic N) is 3. The molecule has 9 heteroatoms. The summed E-state index contributed by atoms with van der Waals surface area (Å²) in [5.74, 6) is 0. The molecule has 0 amide bonds. The van der Waals surface area contributed by atoms with Gasteiger partial charge < -0.3 is 15.1 Å². The molecule has 3 heterocycles. The molecule has 3 aromatic rings. The second-order valence-electron chi connectivity index (χ2n) is 6.40. The van der Waals surface area contributed by atoms with Gasteiger partial charge in [-0.1, -0.05) is 11.3 Å². The van der Waals surface area contributed by atoms with Crippen LogP contribution in [0.25, 0.3) is 11.1 Å². The molecule has 1 aromatic carbocycles. The number of rotatable bonds is 2. The maximum Gasteiger partial charge on any atom is 0.299 e. The standard InChI is InChI=1S/C16H18N4O3S2/c1-8-6-12-14(24-15(17)18-12)9(2)20(8)16-19-11-7-10(25(3,21)22)4-5-13(11)23-16/h4-5,7-9H,6H2,1-3H3,(H2,17,18)/t8-,9+/m1/s1. The van der Waals surface area contributed by atoms with Gasteiger partial charge in [0.05, 0.1) is 21.5 Å². The Balaban J connectivity index is 1.79. The maximum atomic E-state index is 11.7. The van der Waals surface area contributed by atoms with Crippen LogP contribution < -0.4 is 10.6 Å². The molecule has 0 fully saturated rings. The van der Waals surface area contributed by atoms with Gasteiger partial charge in [0.15, 0.2) is 20.6 Å². The van der Waals surface area contributed by atoms with Crippen LogP contribution in [0.2, 0.25) is 0 Å². The van der Waals surface area contributed by atoms with Crippen LogP contribution in [0.3, 0.4) is 0 Å². The molecule has 0 radical (unpaired) electrons. The molecule has 1 aliphatic rings. The van der Waals surface area contributed by atoms with Crippen molar-refractivity contribution in [3.05, 3.63) is 28.8 Å². The Hall–Kier alpha value is -2.13. The van der Waals surface area contributed by atoms with Crippen LogP contribution in [0.5, 0.6) is 0 Å². The minimum atomic E-state index is -3.28. The molecule has 2 N–H and O–H groups in total. The summed E-state index contributed by atoms with van der Waals surface area (Å²) in [5, 5.41) is 0.571. The third kappa shape index (κ3) is 2.67. The fraction of sp³-hybridized carbons (Fsp3) is 0.375. The predicted octanol–water partition coefficient (Wildman–Crippen LogP) is 2.78.